The minimum Gasteiger partial charge on any atom is -0.323 e. The SMILES string of the molecule is Fc1ccccc1.O=C(N1CCCNCC1)N1CCc2ccccc2C1. The first-order valence-corrected chi connectivity index (χ1v) is 9.26. The van der Waals surface area contributed by atoms with E-state index >= 15 is 0 Å². The fourth-order valence-electron chi connectivity index (χ4n) is 3.31. The van der Waals surface area contributed by atoms with Crippen molar-refractivity contribution in [3.05, 3.63) is 71.5 Å². The van der Waals surface area contributed by atoms with Crippen molar-refractivity contribution in [3.8, 4) is 0 Å². The molecule has 0 aliphatic carbocycles. The van der Waals surface area contributed by atoms with E-state index in [0.717, 1.165) is 52.1 Å². The molecule has 1 saturated heterocycles. The smallest absolute Gasteiger partial charge is 0.320 e. The Kier molecular flexibility index (Phi) is 6.61. The van der Waals surface area contributed by atoms with Crippen LogP contribution in [0.1, 0.15) is 17.5 Å². The normalized spacial score (nSPS) is 16.8. The van der Waals surface area contributed by atoms with E-state index in [2.05, 4.69) is 29.6 Å². The summed E-state index contributed by atoms with van der Waals surface area (Å²) in [4.78, 5) is 16.5. The summed E-state index contributed by atoms with van der Waals surface area (Å²) in [6.45, 7) is 5.25. The molecule has 0 saturated carbocycles. The van der Waals surface area contributed by atoms with Crippen LogP contribution in [0.4, 0.5) is 9.18 Å². The summed E-state index contributed by atoms with van der Waals surface area (Å²) in [5, 5.41) is 3.34. The van der Waals surface area contributed by atoms with Crippen molar-refractivity contribution in [2.24, 2.45) is 0 Å². The molecule has 26 heavy (non-hydrogen) atoms. The highest BCUT2D eigenvalue weighted by Gasteiger charge is 2.25. The predicted octanol–water partition coefficient (Wildman–Crippen LogP) is 3.29. The average molecular weight is 355 g/mol. The molecule has 2 aliphatic rings. The molecule has 0 aromatic heterocycles. The fourth-order valence-corrected chi connectivity index (χ4v) is 3.31. The third kappa shape index (κ3) is 5.05. The average Bonchev–Trinajstić information content (AvgIpc) is 2.98. The van der Waals surface area contributed by atoms with E-state index in [9.17, 15) is 9.18 Å². The third-order valence-corrected chi connectivity index (χ3v) is 4.74. The van der Waals surface area contributed by atoms with E-state index < -0.39 is 0 Å². The zero-order chi connectivity index (χ0) is 18.2. The Morgan fingerprint density at radius 2 is 1.58 bits per heavy atom. The molecule has 1 N–H and O–H groups in total. The molecule has 0 bridgehead atoms. The molecule has 138 valence electrons. The van der Waals surface area contributed by atoms with Gasteiger partial charge in [-0.1, -0.05) is 42.5 Å². The van der Waals surface area contributed by atoms with Crippen LogP contribution < -0.4 is 5.32 Å². The van der Waals surface area contributed by atoms with Gasteiger partial charge in [0.1, 0.15) is 5.82 Å². The highest BCUT2D eigenvalue weighted by atomic mass is 19.1. The number of carbonyl (C=O) groups is 1. The standard InChI is InChI=1S/C15H21N3O.C6H5F/c19-15(17-9-3-7-16-8-11-17)18-10-6-13-4-1-2-5-14(13)12-18;7-6-4-2-1-3-5-6/h1-2,4-5,16H,3,6-12H2;1-5H. The van der Waals surface area contributed by atoms with Crippen LogP contribution in [-0.2, 0) is 13.0 Å². The van der Waals surface area contributed by atoms with Crippen LogP contribution in [0.5, 0.6) is 0 Å². The molecule has 0 unspecified atom stereocenters. The minimum atomic E-state index is -0.178. The zero-order valence-corrected chi connectivity index (χ0v) is 15.0. The summed E-state index contributed by atoms with van der Waals surface area (Å²) in [5.41, 5.74) is 2.69. The number of halogens is 1. The summed E-state index contributed by atoms with van der Waals surface area (Å²) in [7, 11) is 0. The first kappa shape index (κ1) is 18.4. The first-order valence-electron chi connectivity index (χ1n) is 9.26. The molecule has 2 aromatic rings. The van der Waals surface area contributed by atoms with Crippen LogP contribution in [0.15, 0.2) is 54.6 Å². The Morgan fingerprint density at radius 3 is 2.31 bits per heavy atom. The molecule has 2 heterocycles. The highest BCUT2D eigenvalue weighted by molar-refractivity contribution is 5.75. The van der Waals surface area contributed by atoms with Gasteiger partial charge in [-0.05, 0) is 42.6 Å². The second-order valence-corrected chi connectivity index (χ2v) is 6.61. The van der Waals surface area contributed by atoms with Gasteiger partial charge in [-0.25, -0.2) is 9.18 Å². The quantitative estimate of drug-likeness (QED) is 0.787. The second-order valence-electron chi connectivity index (χ2n) is 6.61. The van der Waals surface area contributed by atoms with Crippen LogP contribution in [-0.4, -0.2) is 48.6 Å². The lowest BCUT2D eigenvalue weighted by Gasteiger charge is -2.33. The van der Waals surface area contributed by atoms with Gasteiger partial charge in [0.2, 0.25) is 0 Å². The molecule has 2 amide bonds. The lowest BCUT2D eigenvalue weighted by atomic mass is 10.0. The Hall–Kier alpha value is -2.40. The van der Waals surface area contributed by atoms with E-state index in [0.29, 0.717) is 0 Å². The summed E-state index contributed by atoms with van der Waals surface area (Å²) < 4.78 is 11.9. The lowest BCUT2D eigenvalue weighted by molar-refractivity contribution is 0.150. The van der Waals surface area contributed by atoms with E-state index in [1.807, 2.05) is 9.80 Å². The number of fused-ring (bicyclic) bond motifs is 1. The Labute approximate surface area is 154 Å². The van der Waals surface area contributed by atoms with Crippen molar-refractivity contribution in [2.45, 2.75) is 19.4 Å². The van der Waals surface area contributed by atoms with Gasteiger partial charge in [-0.2, -0.15) is 0 Å². The van der Waals surface area contributed by atoms with Crippen molar-refractivity contribution < 1.29 is 9.18 Å². The van der Waals surface area contributed by atoms with Gasteiger partial charge in [-0.15, -0.1) is 0 Å². The topological polar surface area (TPSA) is 35.6 Å². The van der Waals surface area contributed by atoms with Gasteiger partial charge in [0, 0.05) is 32.7 Å². The first-order chi connectivity index (χ1) is 12.7. The highest BCUT2D eigenvalue weighted by Crippen LogP contribution is 2.19. The van der Waals surface area contributed by atoms with Crippen molar-refractivity contribution in [3.63, 3.8) is 0 Å². The van der Waals surface area contributed by atoms with E-state index in [-0.39, 0.29) is 11.8 Å². The molecule has 0 spiro atoms. The van der Waals surface area contributed by atoms with Crippen LogP contribution in [0.2, 0.25) is 0 Å². The molecule has 2 aliphatic heterocycles. The van der Waals surface area contributed by atoms with Crippen molar-refractivity contribution in [2.75, 3.05) is 32.7 Å². The minimum absolute atomic E-state index is 0.178. The van der Waals surface area contributed by atoms with Crippen LogP contribution in [0.25, 0.3) is 0 Å². The van der Waals surface area contributed by atoms with Crippen molar-refractivity contribution >= 4 is 6.03 Å². The molecule has 4 nitrogen and oxygen atoms in total. The van der Waals surface area contributed by atoms with Crippen molar-refractivity contribution in [1.29, 1.82) is 0 Å². The second kappa shape index (κ2) is 9.34. The number of urea groups is 1. The predicted molar refractivity (Wildman–Crippen MR) is 101 cm³/mol. The number of hydrogen-bond acceptors (Lipinski definition) is 2. The van der Waals surface area contributed by atoms with E-state index in [1.165, 1.54) is 23.3 Å². The molecule has 1 fully saturated rings. The van der Waals surface area contributed by atoms with Gasteiger partial charge < -0.3 is 15.1 Å². The van der Waals surface area contributed by atoms with Crippen LogP contribution in [0, 0.1) is 5.82 Å². The molecule has 0 radical (unpaired) electrons. The molecular weight excluding hydrogens is 329 g/mol. The summed E-state index contributed by atoms with van der Waals surface area (Å²) in [5.74, 6) is -0.178. The number of rotatable bonds is 0. The molecule has 5 heteroatoms. The zero-order valence-electron chi connectivity index (χ0n) is 15.0. The summed E-state index contributed by atoms with van der Waals surface area (Å²) in [6.07, 6.45) is 2.03. The molecular formula is C21H26FN3O. The number of nitrogens with one attached hydrogen (secondary N) is 1. The van der Waals surface area contributed by atoms with Crippen LogP contribution in [0.3, 0.4) is 0 Å². The van der Waals surface area contributed by atoms with Gasteiger partial charge in [0.25, 0.3) is 0 Å². The number of benzene rings is 2. The Bertz CT molecular complexity index is 699. The maximum absolute atomic E-state index is 12.5. The summed E-state index contributed by atoms with van der Waals surface area (Å²) in [6, 6.07) is 16.6. The Morgan fingerprint density at radius 1 is 0.846 bits per heavy atom. The fraction of sp³-hybridized carbons (Fsp3) is 0.381. The third-order valence-electron chi connectivity index (χ3n) is 4.74. The van der Waals surface area contributed by atoms with E-state index in [1.54, 1.807) is 18.2 Å². The van der Waals surface area contributed by atoms with E-state index in [4.69, 9.17) is 0 Å². The molecule has 0 atom stereocenters. The number of amides is 2. The Balaban J connectivity index is 0.000000236. The van der Waals surface area contributed by atoms with Gasteiger partial charge in [0.05, 0.1) is 0 Å². The number of carbonyl (C=O) groups excluding carboxylic acids is 1. The molecule has 4 rings (SSSR count). The van der Waals surface area contributed by atoms with Gasteiger partial charge in [0.15, 0.2) is 0 Å². The molecule has 2 aromatic carbocycles. The monoisotopic (exact) mass is 355 g/mol. The number of hydrogen-bond donors (Lipinski definition) is 1. The maximum Gasteiger partial charge on any atom is 0.320 e. The maximum atomic E-state index is 12.5. The lowest BCUT2D eigenvalue weighted by Crippen LogP contribution is -2.46. The van der Waals surface area contributed by atoms with Crippen LogP contribution >= 0.6 is 0 Å². The number of nitrogens with zero attached hydrogens (tertiary/aromatic N) is 2. The summed E-state index contributed by atoms with van der Waals surface area (Å²) >= 11 is 0. The largest absolute Gasteiger partial charge is 0.323 e. The van der Waals surface area contributed by atoms with Crippen molar-refractivity contribution in [1.82, 2.24) is 15.1 Å². The van der Waals surface area contributed by atoms with Gasteiger partial charge >= 0.3 is 6.03 Å². The van der Waals surface area contributed by atoms with Gasteiger partial charge in [-0.3, -0.25) is 0 Å².